The first-order valence-electron chi connectivity index (χ1n) is 24.2. The molecule has 336 valence electrons. The predicted octanol–water partition coefficient (Wildman–Crippen LogP) is 15.6. The highest BCUT2D eigenvalue weighted by Gasteiger charge is 2.19. The Morgan fingerprint density at radius 1 is 0.356 bits per heavy atom. The lowest BCUT2D eigenvalue weighted by atomic mass is 10.0. The number of rotatable bonds is 42. The van der Waals surface area contributed by atoms with E-state index in [9.17, 15) is 14.4 Å². The molecule has 0 N–H and O–H groups in total. The van der Waals surface area contributed by atoms with E-state index in [-0.39, 0.29) is 31.1 Å². The Bertz CT molecular complexity index is 1170. The lowest BCUT2D eigenvalue weighted by Gasteiger charge is -2.18. The second-order valence-corrected chi connectivity index (χ2v) is 15.8. The third-order valence-corrected chi connectivity index (χ3v) is 10.0. The first-order chi connectivity index (χ1) is 29.0. The summed E-state index contributed by atoms with van der Waals surface area (Å²) in [5, 5.41) is 0. The third-order valence-electron chi connectivity index (χ3n) is 10.0. The number of hydrogen-bond acceptors (Lipinski definition) is 6. The van der Waals surface area contributed by atoms with Crippen molar-refractivity contribution in [3.63, 3.8) is 0 Å². The molecule has 6 heteroatoms. The molecule has 1 unspecified atom stereocenters. The van der Waals surface area contributed by atoms with Gasteiger partial charge >= 0.3 is 17.9 Å². The molecule has 0 radical (unpaired) electrons. The van der Waals surface area contributed by atoms with Crippen molar-refractivity contribution in [2.24, 2.45) is 0 Å². The predicted molar refractivity (Wildman–Crippen MR) is 251 cm³/mol. The molecule has 0 bridgehead atoms. The molecule has 0 aromatic carbocycles. The molecule has 0 fully saturated rings. The van der Waals surface area contributed by atoms with Crippen LogP contribution >= 0.6 is 0 Å². The molecule has 0 aromatic rings. The van der Waals surface area contributed by atoms with Crippen LogP contribution in [0.3, 0.4) is 0 Å². The van der Waals surface area contributed by atoms with Crippen molar-refractivity contribution in [3.05, 3.63) is 85.1 Å². The van der Waals surface area contributed by atoms with E-state index in [1.165, 1.54) is 89.9 Å². The Labute approximate surface area is 363 Å². The average molecular weight is 821 g/mol. The van der Waals surface area contributed by atoms with E-state index in [4.69, 9.17) is 14.2 Å². The van der Waals surface area contributed by atoms with Crippen molar-refractivity contribution >= 4 is 17.9 Å². The molecule has 6 nitrogen and oxygen atoms in total. The molecule has 1 atom stereocenters. The van der Waals surface area contributed by atoms with Crippen molar-refractivity contribution < 1.29 is 28.6 Å². The van der Waals surface area contributed by atoms with Gasteiger partial charge in [-0.2, -0.15) is 0 Å². The zero-order chi connectivity index (χ0) is 43.0. The summed E-state index contributed by atoms with van der Waals surface area (Å²) in [5.41, 5.74) is 0. The molecule has 0 saturated carbocycles. The van der Waals surface area contributed by atoms with Gasteiger partial charge in [0.2, 0.25) is 0 Å². The summed E-state index contributed by atoms with van der Waals surface area (Å²) in [5.74, 6) is -0.952. The number of ether oxygens (including phenoxy) is 3. The normalized spacial score (nSPS) is 12.8. The van der Waals surface area contributed by atoms with Crippen LogP contribution in [-0.2, 0) is 28.6 Å². The second-order valence-electron chi connectivity index (χ2n) is 15.8. The number of carbonyl (C=O) groups excluding carboxylic acids is 3. The monoisotopic (exact) mass is 821 g/mol. The van der Waals surface area contributed by atoms with Crippen LogP contribution in [0.15, 0.2) is 85.1 Å². The maximum absolute atomic E-state index is 12.7. The quantitative estimate of drug-likeness (QED) is 0.0201. The van der Waals surface area contributed by atoms with Crippen LogP contribution in [0.1, 0.15) is 213 Å². The number of esters is 3. The minimum Gasteiger partial charge on any atom is -0.462 e. The smallest absolute Gasteiger partial charge is 0.306 e. The van der Waals surface area contributed by atoms with Crippen molar-refractivity contribution in [2.45, 2.75) is 219 Å². The fourth-order valence-corrected chi connectivity index (χ4v) is 6.41. The van der Waals surface area contributed by atoms with Crippen LogP contribution in [-0.4, -0.2) is 37.2 Å². The minimum atomic E-state index is -0.796. The molecule has 0 rings (SSSR count). The van der Waals surface area contributed by atoms with E-state index in [1.54, 1.807) is 0 Å². The molecule has 0 amide bonds. The van der Waals surface area contributed by atoms with Crippen molar-refractivity contribution in [3.8, 4) is 0 Å². The van der Waals surface area contributed by atoms with Gasteiger partial charge in [-0.15, -0.1) is 0 Å². The zero-order valence-corrected chi connectivity index (χ0v) is 38.2. The summed E-state index contributed by atoms with van der Waals surface area (Å²) in [6.45, 7) is 6.41. The topological polar surface area (TPSA) is 78.9 Å². The van der Waals surface area contributed by atoms with Gasteiger partial charge in [0.25, 0.3) is 0 Å². The summed E-state index contributed by atoms with van der Waals surface area (Å²) < 4.78 is 16.7. The maximum atomic E-state index is 12.7. The van der Waals surface area contributed by atoms with Crippen LogP contribution in [0.25, 0.3) is 0 Å². The molecular formula is C53H88O6. The van der Waals surface area contributed by atoms with Crippen molar-refractivity contribution in [1.82, 2.24) is 0 Å². The first-order valence-corrected chi connectivity index (χ1v) is 24.2. The number of hydrogen-bond donors (Lipinski definition) is 0. The summed E-state index contributed by atoms with van der Waals surface area (Å²) in [4.78, 5) is 37.8. The third kappa shape index (κ3) is 45.5. The summed E-state index contributed by atoms with van der Waals surface area (Å²) in [6, 6.07) is 0. The molecule has 0 aliphatic carbocycles. The highest BCUT2D eigenvalue weighted by atomic mass is 16.6. The van der Waals surface area contributed by atoms with Gasteiger partial charge in [-0.25, -0.2) is 0 Å². The Morgan fingerprint density at radius 2 is 0.678 bits per heavy atom. The van der Waals surface area contributed by atoms with E-state index >= 15 is 0 Å². The van der Waals surface area contributed by atoms with E-state index in [2.05, 4.69) is 45.1 Å². The molecule has 0 heterocycles. The average Bonchev–Trinajstić information content (AvgIpc) is 3.23. The zero-order valence-electron chi connectivity index (χ0n) is 38.2. The first kappa shape index (κ1) is 55.6. The molecule has 0 saturated heterocycles. The van der Waals surface area contributed by atoms with E-state index in [1.807, 2.05) is 60.8 Å². The van der Waals surface area contributed by atoms with Gasteiger partial charge in [0, 0.05) is 19.3 Å². The Morgan fingerprint density at radius 3 is 1.14 bits per heavy atom. The van der Waals surface area contributed by atoms with Gasteiger partial charge in [0.15, 0.2) is 6.10 Å². The molecule has 59 heavy (non-hydrogen) atoms. The Kier molecular flexibility index (Phi) is 44.5. The SMILES string of the molecule is CC\C=C/C=C\C=C/C=C\C=C\C=C/CCCCCC(=O)OCC(COC(=O)CCCCCCCCCCCCCC)OC(=O)CCCCCCC/C=C\CCCCC. The van der Waals surface area contributed by atoms with Gasteiger partial charge in [-0.1, -0.05) is 215 Å². The van der Waals surface area contributed by atoms with Gasteiger partial charge in [0.1, 0.15) is 13.2 Å². The Hall–Kier alpha value is -3.41. The maximum Gasteiger partial charge on any atom is 0.306 e. The van der Waals surface area contributed by atoms with Crippen LogP contribution in [0.2, 0.25) is 0 Å². The summed E-state index contributed by atoms with van der Waals surface area (Å²) in [6.07, 6.45) is 59.8. The van der Waals surface area contributed by atoms with Gasteiger partial charge in [-0.3, -0.25) is 14.4 Å². The van der Waals surface area contributed by atoms with Gasteiger partial charge in [0.05, 0.1) is 0 Å². The Balaban J connectivity index is 4.48. The second kappa shape index (κ2) is 47.3. The fraction of sp³-hybridized carbons (Fsp3) is 0.679. The van der Waals surface area contributed by atoms with Crippen LogP contribution in [0.4, 0.5) is 0 Å². The molecule has 0 aliphatic rings. The largest absolute Gasteiger partial charge is 0.462 e. The van der Waals surface area contributed by atoms with E-state index in [0.717, 1.165) is 83.5 Å². The van der Waals surface area contributed by atoms with Crippen LogP contribution in [0.5, 0.6) is 0 Å². The fourth-order valence-electron chi connectivity index (χ4n) is 6.41. The molecule has 0 aliphatic heterocycles. The molecular weight excluding hydrogens is 733 g/mol. The lowest BCUT2D eigenvalue weighted by molar-refractivity contribution is -0.167. The minimum absolute atomic E-state index is 0.0936. The summed E-state index contributed by atoms with van der Waals surface area (Å²) >= 11 is 0. The summed E-state index contributed by atoms with van der Waals surface area (Å²) in [7, 11) is 0. The molecule has 0 aromatic heterocycles. The van der Waals surface area contributed by atoms with Crippen LogP contribution in [0, 0.1) is 0 Å². The van der Waals surface area contributed by atoms with Crippen LogP contribution < -0.4 is 0 Å². The van der Waals surface area contributed by atoms with E-state index in [0.29, 0.717) is 19.3 Å². The highest BCUT2D eigenvalue weighted by Crippen LogP contribution is 2.14. The molecule has 0 spiro atoms. The highest BCUT2D eigenvalue weighted by molar-refractivity contribution is 5.71. The van der Waals surface area contributed by atoms with Gasteiger partial charge < -0.3 is 14.2 Å². The standard InChI is InChI=1S/C53H88O6/c1-4-7-10-13-16-19-22-25-26-27-28-29-32-34-37-40-43-46-52(55)58-49-50(59-53(56)47-44-41-38-35-31-24-21-18-15-12-9-6-3)48-57-51(54)45-42-39-36-33-30-23-20-17-14-11-8-5-2/h7,10,13,16,18-19,21-22,25-29,32,50H,4-6,8-9,11-12,14-15,17,20,23-24,30-31,33-49H2,1-3H3/b10-7-,16-13-,21-18-,22-19-,26-25-,28-27+,32-29-. The van der Waals surface area contributed by atoms with Gasteiger partial charge in [-0.05, 0) is 64.2 Å². The number of carbonyl (C=O) groups is 3. The number of unbranched alkanes of at least 4 members (excludes halogenated alkanes) is 22. The number of allylic oxidation sites excluding steroid dienone is 14. The van der Waals surface area contributed by atoms with Crippen molar-refractivity contribution in [2.75, 3.05) is 13.2 Å². The lowest BCUT2D eigenvalue weighted by Crippen LogP contribution is -2.30. The van der Waals surface area contributed by atoms with E-state index < -0.39 is 6.10 Å². The van der Waals surface area contributed by atoms with Crippen molar-refractivity contribution in [1.29, 1.82) is 0 Å².